The Balaban J connectivity index is 2.16. The van der Waals surface area contributed by atoms with Crippen LogP contribution in [0.2, 0.25) is 5.15 Å². The maximum absolute atomic E-state index is 6.04. The van der Waals surface area contributed by atoms with Gasteiger partial charge in [0.2, 0.25) is 0 Å². The van der Waals surface area contributed by atoms with Crippen LogP contribution in [0.15, 0.2) is 12.5 Å². The van der Waals surface area contributed by atoms with E-state index in [1.807, 2.05) is 31.8 Å². The van der Waals surface area contributed by atoms with Gasteiger partial charge in [0.25, 0.3) is 0 Å². The number of halogens is 1. The van der Waals surface area contributed by atoms with Crippen LogP contribution in [-0.4, -0.2) is 19.7 Å². The Hall–Kier alpha value is -1.62. The highest BCUT2D eigenvalue weighted by atomic mass is 35.5. The molecule has 0 aliphatic rings. The molecular formula is C12H16ClN5. The van der Waals surface area contributed by atoms with Crippen LogP contribution in [-0.2, 0) is 20.0 Å². The van der Waals surface area contributed by atoms with E-state index in [1.165, 1.54) is 6.33 Å². The van der Waals surface area contributed by atoms with Gasteiger partial charge in [0.05, 0.1) is 6.20 Å². The number of rotatable bonds is 4. The Morgan fingerprint density at radius 1 is 1.39 bits per heavy atom. The molecule has 0 unspecified atom stereocenters. The second-order valence-corrected chi connectivity index (χ2v) is 4.44. The number of nitrogens with one attached hydrogen (secondary N) is 1. The zero-order chi connectivity index (χ0) is 13.1. The van der Waals surface area contributed by atoms with Crippen molar-refractivity contribution < 1.29 is 0 Å². The number of hydrogen-bond acceptors (Lipinski definition) is 4. The third-order valence-electron chi connectivity index (χ3n) is 3.03. The van der Waals surface area contributed by atoms with Crippen LogP contribution in [0, 0.1) is 6.92 Å². The van der Waals surface area contributed by atoms with Gasteiger partial charge in [-0.1, -0.05) is 18.5 Å². The standard InChI is InChI=1S/C12H16ClN5/c1-4-10-11(13)15-7-16-12(10)14-5-9-6-17-18(3)8(9)2/h6-7H,4-5H2,1-3H3,(H,14,15,16). The van der Waals surface area contributed by atoms with Gasteiger partial charge in [0.1, 0.15) is 17.3 Å². The molecule has 5 nitrogen and oxygen atoms in total. The van der Waals surface area contributed by atoms with Gasteiger partial charge in [-0.2, -0.15) is 5.10 Å². The van der Waals surface area contributed by atoms with E-state index in [0.717, 1.165) is 29.1 Å². The zero-order valence-corrected chi connectivity index (χ0v) is 11.5. The van der Waals surface area contributed by atoms with Crippen LogP contribution < -0.4 is 5.32 Å². The highest BCUT2D eigenvalue weighted by Gasteiger charge is 2.09. The molecule has 2 aromatic rings. The second-order valence-electron chi connectivity index (χ2n) is 4.08. The second kappa shape index (κ2) is 5.35. The normalized spacial score (nSPS) is 10.7. The summed E-state index contributed by atoms with van der Waals surface area (Å²) in [7, 11) is 1.93. The molecule has 0 saturated heterocycles. The van der Waals surface area contributed by atoms with Crippen LogP contribution in [0.25, 0.3) is 0 Å². The van der Waals surface area contributed by atoms with Gasteiger partial charge in [-0.05, 0) is 13.3 Å². The number of hydrogen-bond donors (Lipinski definition) is 1. The van der Waals surface area contributed by atoms with Gasteiger partial charge in [-0.25, -0.2) is 9.97 Å². The summed E-state index contributed by atoms with van der Waals surface area (Å²) >= 11 is 6.04. The largest absolute Gasteiger partial charge is 0.365 e. The number of anilines is 1. The maximum Gasteiger partial charge on any atom is 0.137 e. The van der Waals surface area contributed by atoms with Crippen molar-refractivity contribution in [1.29, 1.82) is 0 Å². The highest BCUT2D eigenvalue weighted by Crippen LogP contribution is 2.20. The van der Waals surface area contributed by atoms with Gasteiger partial charge in [0, 0.05) is 30.4 Å². The summed E-state index contributed by atoms with van der Waals surface area (Å²) in [5, 5.41) is 8.00. The lowest BCUT2D eigenvalue weighted by atomic mass is 10.2. The van der Waals surface area contributed by atoms with E-state index >= 15 is 0 Å². The Labute approximate surface area is 111 Å². The molecule has 0 aliphatic carbocycles. The third-order valence-corrected chi connectivity index (χ3v) is 3.36. The molecule has 2 aromatic heterocycles. The van der Waals surface area contributed by atoms with Crippen molar-refractivity contribution in [2.24, 2.45) is 7.05 Å². The highest BCUT2D eigenvalue weighted by molar-refractivity contribution is 6.30. The molecule has 0 aliphatic heterocycles. The summed E-state index contributed by atoms with van der Waals surface area (Å²) in [5.74, 6) is 0.792. The molecule has 0 radical (unpaired) electrons. The molecule has 96 valence electrons. The molecule has 1 N–H and O–H groups in total. The zero-order valence-electron chi connectivity index (χ0n) is 10.7. The lowest BCUT2D eigenvalue weighted by molar-refractivity contribution is 0.738. The predicted molar refractivity (Wildman–Crippen MR) is 71.7 cm³/mol. The van der Waals surface area contributed by atoms with Crippen LogP contribution in [0.5, 0.6) is 0 Å². The number of aryl methyl sites for hydroxylation is 1. The molecule has 0 bridgehead atoms. The van der Waals surface area contributed by atoms with Gasteiger partial charge >= 0.3 is 0 Å². The predicted octanol–water partition coefficient (Wildman–Crippen LogP) is 2.35. The first-order valence-electron chi connectivity index (χ1n) is 5.84. The van der Waals surface area contributed by atoms with Gasteiger partial charge in [-0.3, -0.25) is 4.68 Å². The molecule has 0 aromatic carbocycles. The van der Waals surface area contributed by atoms with E-state index < -0.39 is 0 Å². The minimum absolute atomic E-state index is 0.512. The van der Waals surface area contributed by atoms with Gasteiger partial charge in [0.15, 0.2) is 0 Å². The van der Waals surface area contributed by atoms with E-state index in [4.69, 9.17) is 11.6 Å². The molecular weight excluding hydrogens is 250 g/mol. The van der Waals surface area contributed by atoms with E-state index in [1.54, 1.807) is 0 Å². The first-order chi connectivity index (χ1) is 8.63. The average molecular weight is 266 g/mol. The van der Waals surface area contributed by atoms with E-state index in [-0.39, 0.29) is 0 Å². The Bertz CT molecular complexity index is 549. The fourth-order valence-corrected chi connectivity index (χ4v) is 2.02. The Kier molecular flexibility index (Phi) is 3.81. The van der Waals surface area contributed by atoms with Crippen molar-refractivity contribution >= 4 is 17.4 Å². The lowest BCUT2D eigenvalue weighted by Gasteiger charge is -2.10. The van der Waals surface area contributed by atoms with Crippen molar-refractivity contribution in [2.45, 2.75) is 26.8 Å². The van der Waals surface area contributed by atoms with Gasteiger partial charge < -0.3 is 5.32 Å². The first kappa shape index (κ1) is 12.8. The smallest absolute Gasteiger partial charge is 0.137 e. The molecule has 2 rings (SSSR count). The summed E-state index contributed by atoms with van der Waals surface area (Å²) in [6.45, 7) is 4.75. The molecule has 2 heterocycles. The molecule has 0 saturated carbocycles. The average Bonchev–Trinajstić information content (AvgIpc) is 2.68. The lowest BCUT2D eigenvalue weighted by Crippen LogP contribution is -2.06. The fourth-order valence-electron chi connectivity index (χ4n) is 1.75. The Morgan fingerprint density at radius 3 is 2.78 bits per heavy atom. The van der Waals surface area contributed by atoms with Crippen LogP contribution in [0.3, 0.4) is 0 Å². The summed E-state index contributed by atoms with van der Waals surface area (Å²) in [4.78, 5) is 8.21. The van der Waals surface area contributed by atoms with Crippen LogP contribution in [0.1, 0.15) is 23.7 Å². The van der Waals surface area contributed by atoms with Gasteiger partial charge in [-0.15, -0.1) is 0 Å². The van der Waals surface area contributed by atoms with Crippen molar-refractivity contribution in [3.63, 3.8) is 0 Å². The van der Waals surface area contributed by atoms with Crippen molar-refractivity contribution in [2.75, 3.05) is 5.32 Å². The van der Waals surface area contributed by atoms with Crippen molar-refractivity contribution in [3.8, 4) is 0 Å². The quantitative estimate of drug-likeness (QED) is 0.862. The fraction of sp³-hybridized carbons (Fsp3) is 0.417. The molecule has 0 spiro atoms. The third kappa shape index (κ3) is 2.46. The molecule has 6 heteroatoms. The summed E-state index contributed by atoms with van der Waals surface area (Å²) in [6, 6.07) is 0. The topological polar surface area (TPSA) is 55.6 Å². The molecule has 0 fully saturated rings. The number of aromatic nitrogens is 4. The SMILES string of the molecule is CCc1c(Cl)ncnc1NCc1cnn(C)c1C. The summed E-state index contributed by atoms with van der Waals surface area (Å²) < 4.78 is 1.85. The first-order valence-corrected chi connectivity index (χ1v) is 6.22. The molecule has 0 atom stereocenters. The van der Waals surface area contributed by atoms with E-state index in [0.29, 0.717) is 11.7 Å². The Morgan fingerprint density at radius 2 is 2.17 bits per heavy atom. The van der Waals surface area contributed by atoms with Crippen LogP contribution >= 0.6 is 11.6 Å². The summed E-state index contributed by atoms with van der Waals surface area (Å²) in [5.41, 5.74) is 3.23. The number of nitrogens with zero attached hydrogens (tertiary/aromatic N) is 4. The minimum atomic E-state index is 0.512. The van der Waals surface area contributed by atoms with Crippen molar-refractivity contribution in [3.05, 3.63) is 34.5 Å². The van der Waals surface area contributed by atoms with E-state index in [2.05, 4.69) is 20.4 Å². The summed E-state index contributed by atoms with van der Waals surface area (Å²) in [6.07, 6.45) is 4.13. The van der Waals surface area contributed by atoms with Crippen molar-refractivity contribution in [1.82, 2.24) is 19.7 Å². The molecule has 0 amide bonds. The monoisotopic (exact) mass is 265 g/mol. The maximum atomic E-state index is 6.04. The minimum Gasteiger partial charge on any atom is -0.365 e. The van der Waals surface area contributed by atoms with E-state index in [9.17, 15) is 0 Å². The molecule has 18 heavy (non-hydrogen) atoms. The van der Waals surface area contributed by atoms with Crippen LogP contribution in [0.4, 0.5) is 5.82 Å².